The Labute approximate surface area is 212 Å². The molecule has 2 N–H and O–H groups in total. The Morgan fingerprint density at radius 2 is 1.97 bits per heavy atom. The summed E-state index contributed by atoms with van der Waals surface area (Å²) in [5, 5.41) is 9.27. The van der Waals surface area contributed by atoms with Crippen molar-refractivity contribution in [1.29, 1.82) is 0 Å². The first-order valence-electron chi connectivity index (χ1n) is 11.3. The van der Waals surface area contributed by atoms with Crippen LogP contribution >= 0.6 is 0 Å². The molecule has 0 bridgehead atoms. The van der Waals surface area contributed by atoms with Crippen LogP contribution in [0, 0.1) is 11.6 Å². The van der Waals surface area contributed by atoms with Gasteiger partial charge in [0.25, 0.3) is 10.0 Å². The first-order valence-corrected chi connectivity index (χ1v) is 12.8. The van der Waals surface area contributed by atoms with E-state index in [-0.39, 0.29) is 45.4 Å². The molecule has 196 valence electrons. The van der Waals surface area contributed by atoms with Crippen LogP contribution in [-0.2, 0) is 16.6 Å². The molecule has 1 aliphatic heterocycles. The highest BCUT2D eigenvalue weighted by Gasteiger charge is 2.31. The second-order valence-electron chi connectivity index (χ2n) is 8.03. The van der Waals surface area contributed by atoms with E-state index in [1.165, 1.54) is 18.2 Å². The minimum absolute atomic E-state index is 0.0602. The molecule has 0 spiro atoms. The molecule has 12 heteroatoms. The lowest BCUT2D eigenvalue weighted by molar-refractivity contribution is 0.141. The van der Waals surface area contributed by atoms with E-state index in [9.17, 15) is 27.1 Å². The van der Waals surface area contributed by atoms with Crippen molar-refractivity contribution in [2.75, 3.05) is 24.4 Å². The van der Waals surface area contributed by atoms with Gasteiger partial charge in [-0.3, -0.25) is 4.72 Å². The van der Waals surface area contributed by atoms with Gasteiger partial charge in [0.1, 0.15) is 18.7 Å². The highest BCUT2D eigenvalue weighted by Crippen LogP contribution is 2.49. The summed E-state index contributed by atoms with van der Waals surface area (Å²) >= 11 is 0. The van der Waals surface area contributed by atoms with Crippen LogP contribution in [0.5, 0.6) is 11.5 Å². The van der Waals surface area contributed by atoms with Crippen molar-refractivity contribution >= 4 is 27.9 Å². The van der Waals surface area contributed by atoms with Gasteiger partial charge in [0.15, 0.2) is 17.3 Å². The van der Waals surface area contributed by atoms with Crippen molar-refractivity contribution in [3.63, 3.8) is 0 Å². The predicted octanol–water partition coefficient (Wildman–Crippen LogP) is 5.33. The number of carbonyl (C=O) groups is 1. The van der Waals surface area contributed by atoms with E-state index in [0.717, 1.165) is 37.6 Å². The summed E-state index contributed by atoms with van der Waals surface area (Å²) in [5.74, 6) is -1.78. The van der Waals surface area contributed by atoms with Crippen LogP contribution in [0.1, 0.15) is 25.2 Å². The molecule has 1 aliphatic rings. The normalized spacial score (nSPS) is 12.8. The molecule has 0 atom stereocenters. The molecule has 1 aromatic heterocycles. The fraction of sp³-hybridized carbons (Fsp3) is 0.240. The molecule has 0 aliphatic carbocycles. The first kappa shape index (κ1) is 26.2. The molecular weight excluding hydrogens is 510 g/mol. The Kier molecular flexibility index (Phi) is 7.50. The molecule has 37 heavy (non-hydrogen) atoms. The number of nitrogens with one attached hydrogen (secondary N) is 1. The van der Waals surface area contributed by atoms with Gasteiger partial charge in [0.05, 0.1) is 16.1 Å². The molecule has 2 aromatic carbocycles. The van der Waals surface area contributed by atoms with E-state index in [4.69, 9.17) is 13.9 Å². The maximum Gasteiger partial charge on any atom is 0.511 e. The number of benzene rings is 2. The van der Waals surface area contributed by atoms with Crippen LogP contribution in [0.4, 0.5) is 19.3 Å². The summed E-state index contributed by atoms with van der Waals surface area (Å²) in [4.78, 5) is 13.3. The molecular formula is C25H24F2N2O7S. The van der Waals surface area contributed by atoms with E-state index in [1.807, 2.05) is 13.8 Å². The highest BCUT2D eigenvalue weighted by molar-refractivity contribution is 7.92. The largest absolute Gasteiger partial charge is 0.511 e. The lowest BCUT2D eigenvalue weighted by Crippen LogP contribution is -2.22. The Hall–Kier alpha value is -3.90. The average molecular weight is 535 g/mol. The van der Waals surface area contributed by atoms with Gasteiger partial charge >= 0.3 is 6.16 Å². The summed E-state index contributed by atoms with van der Waals surface area (Å²) < 4.78 is 72.8. The summed E-state index contributed by atoms with van der Waals surface area (Å²) in [6.07, 6.45) is 2.38. The predicted molar refractivity (Wildman–Crippen MR) is 131 cm³/mol. The van der Waals surface area contributed by atoms with Gasteiger partial charge in [0.2, 0.25) is 5.75 Å². The minimum Gasteiger partial charge on any atom is -0.481 e. The van der Waals surface area contributed by atoms with Crippen LogP contribution in [0.15, 0.2) is 52.0 Å². The van der Waals surface area contributed by atoms with Gasteiger partial charge in [-0.05, 0) is 49.0 Å². The summed E-state index contributed by atoms with van der Waals surface area (Å²) in [7, 11) is -4.37. The number of furan rings is 1. The highest BCUT2D eigenvalue weighted by atomic mass is 32.2. The number of hydrogen-bond donors (Lipinski definition) is 2. The quantitative estimate of drug-likeness (QED) is 0.279. The van der Waals surface area contributed by atoms with E-state index < -0.39 is 33.6 Å². The van der Waals surface area contributed by atoms with Gasteiger partial charge in [0, 0.05) is 12.1 Å². The molecule has 0 saturated heterocycles. The van der Waals surface area contributed by atoms with Gasteiger partial charge in [-0.2, -0.15) is 0 Å². The molecule has 2 heterocycles. The van der Waals surface area contributed by atoms with Crippen molar-refractivity contribution in [2.24, 2.45) is 0 Å². The van der Waals surface area contributed by atoms with Crippen LogP contribution in [0.2, 0.25) is 0 Å². The minimum atomic E-state index is -4.37. The zero-order valence-electron chi connectivity index (χ0n) is 20.0. The summed E-state index contributed by atoms with van der Waals surface area (Å²) in [6, 6.07) is 5.77. The third kappa shape index (κ3) is 5.44. The maximum atomic E-state index is 14.3. The number of carboxylic acid groups (broad SMARTS) is 1. The number of nitrogens with zero attached hydrogens (tertiary/aromatic N) is 1. The van der Waals surface area contributed by atoms with Crippen LogP contribution in [0.25, 0.3) is 17.2 Å². The van der Waals surface area contributed by atoms with Crippen molar-refractivity contribution in [3.05, 3.63) is 65.6 Å². The number of likely N-dealkylation sites (N-methyl/N-ethyl adjacent to an activating group) is 1. The van der Waals surface area contributed by atoms with Crippen LogP contribution < -0.4 is 14.2 Å². The zero-order valence-corrected chi connectivity index (χ0v) is 20.8. The van der Waals surface area contributed by atoms with Crippen LogP contribution in [0.3, 0.4) is 0 Å². The number of anilines is 1. The molecule has 0 amide bonds. The lowest BCUT2D eigenvalue weighted by Gasteiger charge is -2.21. The molecule has 0 saturated carbocycles. The number of fused-ring (bicyclic) bond motifs is 3. The Balaban J connectivity index is 1.74. The second-order valence-corrected chi connectivity index (χ2v) is 9.68. The van der Waals surface area contributed by atoms with Gasteiger partial charge in [-0.25, -0.2) is 22.0 Å². The molecule has 0 fully saturated rings. The topological polar surface area (TPSA) is 118 Å². The monoisotopic (exact) mass is 534 g/mol. The summed E-state index contributed by atoms with van der Waals surface area (Å²) in [5.41, 5.74) is 0.0224. The van der Waals surface area contributed by atoms with Crippen molar-refractivity contribution in [2.45, 2.75) is 25.3 Å². The van der Waals surface area contributed by atoms with E-state index in [0.29, 0.717) is 6.54 Å². The van der Waals surface area contributed by atoms with E-state index in [2.05, 4.69) is 9.62 Å². The summed E-state index contributed by atoms with van der Waals surface area (Å²) in [6.45, 7) is 5.85. The van der Waals surface area contributed by atoms with E-state index in [1.54, 1.807) is 6.08 Å². The maximum absolute atomic E-state index is 14.3. The molecule has 4 rings (SSSR count). The zero-order chi connectivity index (χ0) is 26.7. The first-order chi connectivity index (χ1) is 17.6. The third-order valence-corrected chi connectivity index (χ3v) is 7.24. The fourth-order valence-corrected chi connectivity index (χ4v) is 5.22. The number of ether oxygens (including phenoxy) is 2. The van der Waals surface area contributed by atoms with Gasteiger partial charge in [-0.15, -0.1) is 0 Å². The van der Waals surface area contributed by atoms with E-state index >= 15 is 0 Å². The lowest BCUT2D eigenvalue weighted by atomic mass is 10.0. The third-order valence-electron chi connectivity index (χ3n) is 5.80. The smallest absolute Gasteiger partial charge is 0.481 e. The van der Waals surface area contributed by atoms with Crippen molar-refractivity contribution in [1.82, 2.24) is 4.90 Å². The van der Waals surface area contributed by atoms with Gasteiger partial charge < -0.3 is 23.9 Å². The number of sulfonamides is 1. The number of rotatable bonds is 9. The van der Waals surface area contributed by atoms with Crippen molar-refractivity contribution < 1.29 is 41.0 Å². The molecule has 3 aromatic rings. The van der Waals surface area contributed by atoms with Gasteiger partial charge in [-0.1, -0.05) is 26.0 Å². The number of halogens is 2. The molecule has 0 radical (unpaired) electrons. The SMILES string of the molecule is CCN(CC)C/C=C\c1cc(F)ccc1S(=O)(=O)Nc1ccc2c(c1OC(=O)O)OCc1occ(F)c1-2. The van der Waals surface area contributed by atoms with Crippen molar-refractivity contribution in [3.8, 4) is 22.6 Å². The Bertz CT molecular complexity index is 1460. The molecule has 0 unspecified atom stereocenters. The Morgan fingerprint density at radius 1 is 1.22 bits per heavy atom. The Morgan fingerprint density at radius 3 is 2.68 bits per heavy atom. The fourth-order valence-electron chi connectivity index (χ4n) is 3.97. The molecule has 9 nitrogen and oxygen atoms in total. The average Bonchev–Trinajstić information content (AvgIpc) is 3.23. The standard InChI is InChI=1S/C25H24F2N2O7S/c1-3-29(4-2)11-5-6-15-12-16(26)7-10-21(15)37(32,33)28-19-9-8-17-22-18(27)13-34-20(22)14-35-23(17)24(19)36-25(30)31/h5-10,12-13,28H,3-4,11,14H2,1-2H3,(H,30,31)/b6-5-. The number of hydrogen-bond acceptors (Lipinski definition) is 7. The van der Waals surface area contributed by atoms with Crippen LogP contribution in [-0.4, -0.2) is 44.2 Å². The second kappa shape index (κ2) is 10.6.